The highest BCUT2D eigenvalue weighted by Crippen LogP contribution is 2.30. The summed E-state index contributed by atoms with van der Waals surface area (Å²) in [5.74, 6) is 1.73. The van der Waals surface area contributed by atoms with Gasteiger partial charge in [-0.3, -0.25) is 0 Å². The molecule has 1 atom stereocenters. The third kappa shape index (κ3) is 6.43. The summed E-state index contributed by atoms with van der Waals surface area (Å²) in [6, 6.07) is 0.461. The molecule has 0 aromatic heterocycles. The third-order valence-corrected chi connectivity index (χ3v) is 7.02. The summed E-state index contributed by atoms with van der Waals surface area (Å²) in [5.41, 5.74) is 0. The molecule has 0 saturated heterocycles. The van der Waals surface area contributed by atoms with Crippen molar-refractivity contribution < 1.29 is 8.42 Å². The van der Waals surface area contributed by atoms with Crippen LogP contribution in [-0.4, -0.2) is 44.0 Å². The van der Waals surface area contributed by atoms with Gasteiger partial charge in [0.2, 0.25) is 0 Å². The largest absolute Gasteiger partial charge is 0.316 e. The molecule has 5 heteroatoms. The van der Waals surface area contributed by atoms with Gasteiger partial charge < -0.3 is 5.32 Å². The molecule has 1 rings (SSSR count). The van der Waals surface area contributed by atoms with Crippen molar-refractivity contribution in [3.05, 3.63) is 0 Å². The average Bonchev–Trinajstić information content (AvgIpc) is 2.86. The van der Waals surface area contributed by atoms with Crippen molar-refractivity contribution in [2.75, 3.05) is 24.3 Å². The molecular weight excluding hydrogens is 266 g/mol. The predicted molar refractivity (Wildman–Crippen MR) is 81.1 cm³/mol. The van der Waals surface area contributed by atoms with Gasteiger partial charge in [0.1, 0.15) is 9.84 Å². The van der Waals surface area contributed by atoms with Crippen LogP contribution in [0.1, 0.15) is 45.4 Å². The zero-order valence-electron chi connectivity index (χ0n) is 11.7. The van der Waals surface area contributed by atoms with Crippen LogP contribution in [0.4, 0.5) is 0 Å². The van der Waals surface area contributed by atoms with Gasteiger partial charge in [0.05, 0.1) is 5.75 Å². The molecule has 1 saturated carbocycles. The molecule has 0 spiro atoms. The summed E-state index contributed by atoms with van der Waals surface area (Å²) >= 11 is 2.07. The van der Waals surface area contributed by atoms with E-state index in [9.17, 15) is 8.42 Å². The van der Waals surface area contributed by atoms with E-state index in [1.165, 1.54) is 25.7 Å². The average molecular weight is 293 g/mol. The van der Waals surface area contributed by atoms with E-state index in [-0.39, 0.29) is 5.75 Å². The number of nitrogens with one attached hydrogen (secondary N) is 1. The Balaban J connectivity index is 2.16. The van der Waals surface area contributed by atoms with Gasteiger partial charge in [0.25, 0.3) is 0 Å². The summed E-state index contributed by atoms with van der Waals surface area (Å²) in [5, 5.41) is 4.16. The minimum Gasteiger partial charge on any atom is -0.316 e. The number of hydrogen-bond donors (Lipinski definition) is 1. The topological polar surface area (TPSA) is 46.2 Å². The van der Waals surface area contributed by atoms with Gasteiger partial charge in [-0.15, -0.1) is 0 Å². The quantitative estimate of drug-likeness (QED) is 0.709. The molecule has 1 N–H and O–H groups in total. The lowest BCUT2D eigenvalue weighted by Gasteiger charge is -2.18. The highest BCUT2D eigenvalue weighted by atomic mass is 32.2. The smallest absolute Gasteiger partial charge is 0.150 e. The Labute approximate surface area is 116 Å². The minimum atomic E-state index is -2.79. The van der Waals surface area contributed by atoms with Crippen molar-refractivity contribution >= 4 is 21.6 Å². The third-order valence-electron chi connectivity index (χ3n) is 3.69. The lowest BCUT2D eigenvalue weighted by Crippen LogP contribution is -2.29. The molecule has 1 aliphatic rings. The molecule has 0 aromatic carbocycles. The first-order chi connectivity index (χ1) is 8.57. The van der Waals surface area contributed by atoms with Gasteiger partial charge in [0.15, 0.2) is 0 Å². The molecule has 108 valence electrons. The fraction of sp³-hybridized carbons (Fsp3) is 1.00. The summed E-state index contributed by atoms with van der Waals surface area (Å²) in [6.45, 7) is 1.72. The monoisotopic (exact) mass is 293 g/mol. The fourth-order valence-electron chi connectivity index (χ4n) is 2.31. The van der Waals surface area contributed by atoms with E-state index in [0.29, 0.717) is 11.8 Å². The Hall–Kier alpha value is 0.260. The second-order valence-corrected chi connectivity index (χ2v) is 8.91. The SMILES string of the molecule is CCS(=O)(=O)CCCC(CSC1CCCC1)NC. The van der Waals surface area contributed by atoms with Gasteiger partial charge in [-0.25, -0.2) is 8.42 Å². The lowest BCUT2D eigenvalue weighted by atomic mass is 10.2. The maximum Gasteiger partial charge on any atom is 0.150 e. The first-order valence-electron chi connectivity index (χ1n) is 7.06. The molecule has 0 bridgehead atoms. The first-order valence-corrected chi connectivity index (χ1v) is 9.93. The second-order valence-electron chi connectivity index (χ2n) is 5.10. The number of rotatable bonds is 9. The van der Waals surface area contributed by atoms with Crippen LogP contribution in [-0.2, 0) is 9.84 Å². The molecule has 0 radical (unpaired) electrons. The highest BCUT2D eigenvalue weighted by Gasteiger charge is 2.17. The van der Waals surface area contributed by atoms with E-state index in [1.54, 1.807) is 6.92 Å². The summed E-state index contributed by atoms with van der Waals surface area (Å²) in [7, 11) is -0.808. The summed E-state index contributed by atoms with van der Waals surface area (Å²) in [6.07, 6.45) is 7.26. The van der Waals surface area contributed by atoms with Crippen molar-refractivity contribution in [3.63, 3.8) is 0 Å². The van der Waals surface area contributed by atoms with Crippen LogP contribution in [0, 0.1) is 0 Å². The molecule has 1 unspecified atom stereocenters. The molecule has 0 amide bonds. The van der Waals surface area contributed by atoms with E-state index >= 15 is 0 Å². The van der Waals surface area contributed by atoms with Crippen LogP contribution in [0.15, 0.2) is 0 Å². The number of sulfone groups is 1. The van der Waals surface area contributed by atoms with Crippen molar-refractivity contribution in [2.45, 2.75) is 56.7 Å². The van der Waals surface area contributed by atoms with Gasteiger partial charge >= 0.3 is 0 Å². The van der Waals surface area contributed by atoms with Gasteiger partial charge in [0, 0.05) is 22.8 Å². The maximum absolute atomic E-state index is 11.4. The van der Waals surface area contributed by atoms with Crippen molar-refractivity contribution in [2.24, 2.45) is 0 Å². The second kappa shape index (κ2) is 8.43. The van der Waals surface area contributed by atoms with Crippen LogP contribution < -0.4 is 5.32 Å². The van der Waals surface area contributed by atoms with Crippen LogP contribution >= 0.6 is 11.8 Å². The van der Waals surface area contributed by atoms with Crippen LogP contribution in [0.3, 0.4) is 0 Å². The molecule has 1 aliphatic carbocycles. The van der Waals surface area contributed by atoms with E-state index < -0.39 is 9.84 Å². The Kier molecular flexibility index (Phi) is 7.64. The van der Waals surface area contributed by atoms with Crippen LogP contribution in [0.25, 0.3) is 0 Å². The van der Waals surface area contributed by atoms with E-state index in [4.69, 9.17) is 0 Å². The van der Waals surface area contributed by atoms with Crippen molar-refractivity contribution in [3.8, 4) is 0 Å². The van der Waals surface area contributed by atoms with Crippen LogP contribution in [0.2, 0.25) is 0 Å². The number of hydrogen-bond acceptors (Lipinski definition) is 4. The molecule has 0 aromatic rings. The van der Waals surface area contributed by atoms with Crippen molar-refractivity contribution in [1.82, 2.24) is 5.32 Å². The van der Waals surface area contributed by atoms with Gasteiger partial charge in [-0.2, -0.15) is 11.8 Å². The zero-order chi connectivity index (χ0) is 13.4. The fourth-order valence-corrected chi connectivity index (χ4v) is 4.71. The Bertz CT molecular complexity index is 311. The molecular formula is C13H27NO2S2. The van der Waals surface area contributed by atoms with E-state index in [0.717, 1.165) is 23.8 Å². The van der Waals surface area contributed by atoms with Crippen LogP contribution in [0.5, 0.6) is 0 Å². The summed E-state index contributed by atoms with van der Waals surface area (Å²) in [4.78, 5) is 0. The Morgan fingerprint density at radius 1 is 1.33 bits per heavy atom. The molecule has 1 fully saturated rings. The molecule has 0 aliphatic heterocycles. The van der Waals surface area contributed by atoms with Gasteiger partial charge in [-0.1, -0.05) is 19.8 Å². The number of thioether (sulfide) groups is 1. The predicted octanol–water partition coefficient (Wildman–Crippen LogP) is 2.47. The highest BCUT2D eigenvalue weighted by molar-refractivity contribution is 7.99. The molecule has 18 heavy (non-hydrogen) atoms. The van der Waals surface area contributed by atoms with E-state index in [2.05, 4.69) is 17.1 Å². The Morgan fingerprint density at radius 3 is 2.56 bits per heavy atom. The normalized spacial score (nSPS) is 19.2. The Morgan fingerprint density at radius 2 is 2.00 bits per heavy atom. The summed E-state index contributed by atoms with van der Waals surface area (Å²) < 4.78 is 22.8. The zero-order valence-corrected chi connectivity index (χ0v) is 13.3. The minimum absolute atomic E-state index is 0.272. The standard InChI is InChI=1S/C13H27NO2S2/c1-3-18(15,16)10-6-7-12(14-2)11-17-13-8-4-5-9-13/h12-14H,3-11H2,1-2H3. The molecule has 0 heterocycles. The van der Waals surface area contributed by atoms with Crippen molar-refractivity contribution in [1.29, 1.82) is 0 Å². The lowest BCUT2D eigenvalue weighted by molar-refractivity contribution is 0.553. The van der Waals surface area contributed by atoms with Gasteiger partial charge in [-0.05, 0) is 32.7 Å². The maximum atomic E-state index is 11.4. The first kappa shape index (κ1) is 16.3. The van der Waals surface area contributed by atoms with E-state index in [1.807, 2.05) is 7.05 Å². The molecule has 3 nitrogen and oxygen atoms in total.